The van der Waals surface area contributed by atoms with E-state index in [4.69, 9.17) is 14.2 Å². The van der Waals surface area contributed by atoms with E-state index in [0.717, 1.165) is 23.3 Å². The number of ether oxygens (including phenoxy) is 3. The van der Waals surface area contributed by atoms with Crippen molar-refractivity contribution in [3.05, 3.63) is 65.4 Å². The third-order valence-corrected chi connectivity index (χ3v) is 6.40. The van der Waals surface area contributed by atoms with Gasteiger partial charge in [0.05, 0.1) is 35.9 Å². The first-order valence-corrected chi connectivity index (χ1v) is 11.4. The quantitative estimate of drug-likeness (QED) is 0.477. The van der Waals surface area contributed by atoms with E-state index in [0.29, 0.717) is 41.5 Å². The highest BCUT2D eigenvalue weighted by molar-refractivity contribution is 6.07. The van der Waals surface area contributed by atoms with Crippen LogP contribution in [-0.4, -0.2) is 49.4 Å². The fraction of sp³-hybridized carbons (Fsp3) is 0.308. The maximum Gasteiger partial charge on any atom is 0.255 e. The predicted molar refractivity (Wildman–Crippen MR) is 130 cm³/mol. The van der Waals surface area contributed by atoms with Crippen LogP contribution in [-0.2, 0) is 4.74 Å². The summed E-state index contributed by atoms with van der Waals surface area (Å²) in [5.41, 5.74) is 4.71. The third-order valence-electron chi connectivity index (χ3n) is 6.40. The molecule has 0 radical (unpaired) electrons. The molecule has 2 atom stereocenters. The minimum absolute atomic E-state index is 0.0193. The fourth-order valence-electron chi connectivity index (χ4n) is 4.75. The number of hydrogen-bond acceptors (Lipinski definition) is 6. The Morgan fingerprint density at radius 2 is 2.11 bits per heavy atom. The summed E-state index contributed by atoms with van der Waals surface area (Å²) in [5.74, 6) is -0.0980. The van der Waals surface area contributed by atoms with E-state index in [1.807, 2.05) is 19.1 Å². The van der Waals surface area contributed by atoms with Crippen LogP contribution in [0.3, 0.4) is 0 Å². The minimum atomic E-state index is -0.504. The highest BCUT2D eigenvalue weighted by atomic mass is 19.1. The summed E-state index contributed by atoms with van der Waals surface area (Å²) in [6, 6.07) is 6.44. The molecular weight excluding hydrogens is 451 g/mol. The van der Waals surface area contributed by atoms with Gasteiger partial charge in [0.15, 0.2) is 11.6 Å². The number of amides is 1. The van der Waals surface area contributed by atoms with Crippen LogP contribution in [0.5, 0.6) is 11.5 Å². The molecule has 2 aliphatic rings. The molecule has 0 saturated carbocycles. The van der Waals surface area contributed by atoms with Gasteiger partial charge in [0.2, 0.25) is 0 Å². The largest absolute Gasteiger partial charge is 0.492 e. The monoisotopic (exact) mass is 478 g/mol. The van der Waals surface area contributed by atoms with Gasteiger partial charge in [-0.15, -0.1) is 0 Å². The molecule has 182 valence electrons. The number of carbonyl (C=O) groups excluding carboxylic acids is 1. The molecule has 3 aromatic rings. The average molecular weight is 479 g/mol. The topological polar surface area (TPSA) is 97.5 Å². The number of carbonyl (C=O) groups is 1. The van der Waals surface area contributed by atoms with E-state index in [1.54, 1.807) is 31.6 Å². The Labute approximate surface area is 202 Å². The van der Waals surface area contributed by atoms with Crippen molar-refractivity contribution in [1.82, 2.24) is 15.3 Å². The number of aromatic amines is 1. The number of aromatic nitrogens is 2. The molecular formula is C26H27FN4O4. The van der Waals surface area contributed by atoms with Gasteiger partial charge in [-0.05, 0) is 31.5 Å². The Hall–Kier alpha value is -3.85. The molecule has 2 aromatic heterocycles. The molecule has 3 N–H and O–H groups in total. The highest BCUT2D eigenvalue weighted by Gasteiger charge is 2.34. The molecule has 1 aromatic carbocycles. The first-order chi connectivity index (χ1) is 17.0. The summed E-state index contributed by atoms with van der Waals surface area (Å²) >= 11 is 0. The molecule has 0 spiro atoms. The number of halogens is 1. The van der Waals surface area contributed by atoms with Gasteiger partial charge in [-0.2, -0.15) is 0 Å². The van der Waals surface area contributed by atoms with Crippen LogP contribution in [0.25, 0.3) is 11.3 Å². The Morgan fingerprint density at radius 3 is 2.91 bits per heavy atom. The van der Waals surface area contributed by atoms with E-state index in [2.05, 4.69) is 20.6 Å². The molecule has 0 fully saturated rings. The number of para-hydroxylation sites is 1. The van der Waals surface area contributed by atoms with Gasteiger partial charge in [-0.3, -0.25) is 9.78 Å². The van der Waals surface area contributed by atoms with Crippen LogP contribution in [0.2, 0.25) is 0 Å². The van der Waals surface area contributed by atoms with Crippen LogP contribution in [0.1, 0.15) is 35.3 Å². The van der Waals surface area contributed by atoms with Crippen molar-refractivity contribution in [2.45, 2.75) is 25.4 Å². The summed E-state index contributed by atoms with van der Waals surface area (Å²) in [7, 11) is 3.06. The van der Waals surface area contributed by atoms with E-state index in [9.17, 15) is 9.18 Å². The van der Waals surface area contributed by atoms with Gasteiger partial charge >= 0.3 is 0 Å². The number of hydrogen-bond donors (Lipinski definition) is 3. The lowest BCUT2D eigenvalue weighted by Gasteiger charge is -2.24. The van der Waals surface area contributed by atoms with Crippen molar-refractivity contribution in [1.29, 1.82) is 0 Å². The van der Waals surface area contributed by atoms with E-state index >= 15 is 0 Å². The summed E-state index contributed by atoms with van der Waals surface area (Å²) in [5, 5.41) is 6.29. The first-order valence-electron chi connectivity index (χ1n) is 11.4. The molecule has 4 heterocycles. The maximum absolute atomic E-state index is 14.5. The van der Waals surface area contributed by atoms with Crippen molar-refractivity contribution < 1.29 is 23.4 Å². The molecule has 2 bridgehead atoms. The fourth-order valence-corrected chi connectivity index (χ4v) is 4.75. The summed E-state index contributed by atoms with van der Waals surface area (Å²) in [6.45, 7) is 2.84. The number of allylic oxidation sites excluding steroid dienone is 1. The zero-order chi connectivity index (χ0) is 24.5. The Morgan fingerprint density at radius 1 is 1.26 bits per heavy atom. The lowest BCUT2D eigenvalue weighted by atomic mass is 9.90. The molecule has 2 unspecified atom stereocenters. The van der Waals surface area contributed by atoms with Crippen molar-refractivity contribution >= 4 is 17.3 Å². The molecule has 5 rings (SSSR count). The van der Waals surface area contributed by atoms with Crippen LogP contribution in [0.4, 0.5) is 15.8 Å². The number of nitrogens with zero attached hydrogens (tertiary/aromatic N) is 1. The zero-order valence-corrected chi connectivity index (χ0v) is 19.8. The van der Waals surface area contributed by atoms with Crippen LogP contribution in [0.15, 0.2) is 48.3 Å². The second-order valence-corrected chi connectivity index (χ2v) is 8.69. The second-order valence-electron chi connectivity index (χ2n) is 8.69. The van der Waals surface area contributed by atoms with Crippen molar-refractivity contribution in [3.8, 4) is 22.8 Å². The van der Waals surface area contributed by atoms with Crippen molar-refractivity contribution in [3.63, 3.8) is 0 Å². The lowest BCUT2D eigenvalue weighted by Crippen LogP contribution is -2.35. The summed E-state index contributed by atoms with van der Waals surface area (Å²) in [4.78, 5) is 20.9. The van der Waals surface area contributed by atoms with Gasteiger partial charge < -0.3 is 29.8 Å². The van der Waals surface area contributed by atoms with Crippen LogP contribution < -0.4 is 20.1 Å². The van der Waals surface area contributed by atoms with Gasteiger partial charge in [0.25, 0.3) is 5.91 Å². The summed E-state index contributed by atoms with van der Waals surface area (Å²) in [6.07, 6.45) is 5.83. The smallest absolute Gasteiger partial charge is 0.255 e. The molecule has 0 aliphatic carbocycles. The van der Waals surface area contributed by atoms with Crippen molar-refractivity contribution in [2.75, 3.05) is 32.7 Å². The normalized spacial score (nSPS) is 20.8. The van der Waals surface area contributed by atoms with Crippen LogP contribution >= 0.6 is 0 Å². The molecule has 8 nitrogen and oxygen atoms in total. The number of fused-ring (bicyclic) bond motifs is 3. The Balaban J connectivity index is 1.73. The number of rotatable bonds is 4. The standard InChI is InChI=1S/C26H27FN4O4/c1-14-9-15-11-29-26(32)21-22(15)31-23(24(21)30-19-6-4-5-18(27)25(19)34-3)17-7-8-28-12-20(17)35-13-16(10-14)33-2/h4-8,10,12,15-16,30-31H,9,11,13H2,1-3H3,(H,29,32)/b14-10+. The molecule has 35 heavy (non-hydrogen) atoms. The zero-order valence-electron chi connectivity index (χ0n) is 19.8. The number of H-pyrrole nitrogens is 1. The van der Waals surface area contributed by atoms with E-state index < -0.39 is 5.82 Å². The van der Waals surface area contributed by atoms with E-state index in [1.165, 1.54) is 13.2 Å². The molecule has 1 amide bonds. The minimum Gasteiger partial charge on any atom is -0.492 e. The first kappa shape index (κ1) is 22.9. The third kappa shape index (κ3) is 4.23. The van der Waals surface area contributed by atoms with E-state index in [-0.39, 0.29) is 23.7 Å². The van der Waals surface area contributed by atoms with Gasteiger partial charge in [-0.1, -0.05) is 17.7 Å². The lowest BCUT2D eigenvalue weighted by molar-refractivity contribution is 0.0908. The second kappa shape index (κ2) is 9.42. The van der Waals surface area contributed by atoms with Gasteiger partial charge in [-0.25, -0.2) is 4.39 Å². The van der Waals surface area contributed by atoms with Gasteiger partial charge in [0, 0.05) is 37.0 Å². The van der Waals surface area contributed by atoms with Crippen molar-refractivity contribution in [2.24, 2.45) is 0 Å². The van der Waals surface area contributed by atoms with Gasteiger partial charge in [0.1, 0.15) is 18.5 Å². The predicted octanol–water partition coefficient (Wildman–Crippen LogP) is 4.54. The number of pyridine rings is 1. The van der Waals surface area contributed by atoms with Crippen LogP contribution in [0, 0.1) is 5.82 Å². The molecule has 0 saturated heterocycles. The highest BCUT2D eigenvalue weighted by Crippen LogP contribution is 2.44. The number of benzene rings is 1. The molecule has 2 aliphatic heterocycles. The Kier molecular flexibility index (Phi) is 6.17. The number of anilines is 2. The Bertz CT molecular complexity index is 1300. The molecule has 9 heteroatoms. The SMILES string of the molecule is COc1c(F)cccc1Nc1c2[nH]c3c1C(=O)NCC3C/C(C)=C/C(OC)COc1cnccc1-2. The maximum atomic E-state index is 14.5. The average Bonchev–Trinajstić information content (AvgIpc) is 3.23. The number of methoxy groups -OCH3 is 2. The summed E-state index contributed by atoms with van der Waals surface area (Å²) < 4.78 is 31.5. The number of nitrogens with one attached hydrogen (secondary N) is 3.